The molecule has 4 atom stereocenters. The summed E-state index contributed by atoms with van der Waals surface area (Å²) in [5.41, 5.74) is 1.36. The Labute approximate surface area is 244 Å². The zero-order valence-corrected chi connectivity index (χ0v) is 24.9. The third kappa shape index (κ3) is 5.81. The van der Waals surface area contributed by atoms with Crippen LogP contribution in [0.4, 0.5) is 4.79 Å². The van der Waals surface area contributed by atoms with Gasteiger partial charge in [-0.3, -0.25) is 14.9 Å². The van der Waals surface area contributed by atoms with E-state index in [0.717, 1.165) is 10.9 Å². The number of aromatic nitrogens is 1. The normalized spacial score (nSPS) is 25.4. The second-order valence-corrected chi connectivity index (χ2v) is 11.7. The molecule has 2 fully saturated rings. The van der Waals surface area contributed by atoms with Crippen LogP contribution < -0.4 is 15.4 Å². The van der Waals surface area contributed by atoms with E-state index in [-0.39, 0.29) is 29.9 Å². The standard InChI is InChI=1S/C31H39N3O8/c1-7-31(8-2)40-25-22(39-23(26(25)41-31)16-33-29(37)42-30(3,4)5)11-9-10-18-24(28(36)34-27(18)35)20-15-32-21-13-12-17(38-6)14-19(20)21/h9-10,12-15,22-23,25-26,32H,7-8,11,16H2,1-6H3,(H,33,37)(H,34,35,36)/b10-9+/t22-,23+,25-,26+/m0/s1. The average molecular weight is 582 g/mol. The summed E-state index contributed by atoms with van der Waals surface area (Å²) in [6, 6.07) is 5.51. The summed E-state index contributed by atoms with van der Waals surface area (Å²) in [4.78, 5) is 41.2. The Balaban J connectivity index is 1.36. The lowest BCUT2D eigenvalue weighted by molar-refractivity contribution is -0.211. The van der Waals surface area contributed by atoms with Crippen LogP contribution in [0.25, 0.3) is 16.5 Å². The first-order valence-corrected chi connectivity index (χ1v) is 14.4. The number of hydrogen-bond acceptors (Lipinski definition) is 8. The minimum Gasteiger partial charge on any atom is -0.497 e. The van der Waals surface area contributed by atoms with Crippen molar-refractivity contribution < 1.29 is 38.1 Å². The maximum atomic E-state index is 12.9. The van der Waals surface area contributed by atoms with Crippen molar-refractivity contribution in [2.45, 2.75) is 89.7 Å². The first-order chi connectivity index (χ1) is 20.0. The Morgan fingerprint density at radius 1 is 1.10 bits per heavy atom. The molecule has 226 valence electrons. The van der Waals surface area contributed by atoms with Crippen molar-refractivity contribution in [3.05, 3.63) is 47.7 Å². The number of nitrogens with one attached hydrogen (secondary N) is 3. The number of amides is 3. The molecule has 1 aromatic carbocycles. The maximum Gasteiger partial charge on any atom is 0.407 e. The molecular weight excluding hydrogens is 542 g/mol. The van der Waals surface area contributed by atoms with E-state index in [1.165, 1.54) is 0 Å². The number of alkyl carbamates (subject to hydrolysis) is 1. The lowest BCUT2D eigenvalue weighted by Gasteiger charge is -2.29. The fourth-order valence-corrected chi connectivity index (χ4v) is 5.70. The van der Waals surface area contributed by atoms with Gasteiger partial charge >= 0.3 is 6.09 Å². The van der Waals surface area contributed by atoms with Crippen molar-refractivity contribution in [3.8, 4) is 5.75 Å². The smallest absolute Gasteiger partial charge is 0.407 e. The van der Waals surface area contributed by atoms with Crippen molar-refractivity contribution in [1.29, 1.82) is 0 Å². The summed E-state index contributed by atoms with van der Waals surface area (Å²) in [5, 5.41) is 5.97. The number of H-pyrrole nitrogens is 1. The van der Waals surface area contributed by atoms with Gasteiger partial charge in [0, 0.05) is 29.2 Å². The molecule has 0 aliphatic carbocycles. The Kier molecular flexibility index (Phi) is 8.19. The van der Waals surface area contributed by atoms with Crippen molar-refractivity contribution in [1.82, 2.24) is 15.6 Å². The van der Waals surface area contributed by atoms with Gasteiger partial charge in [0.15, 0.2) is 5.79 Å². The summed E-state index contributed by atoms with van der Waals surface area (Å²) in [6.07, 6.45) is 4.79. The predicted molar refractivity (Wildman–Crippen MR) is 155 cm³/mol. The zero-order valence-electron chi connectivity index (χ0n) is 24.9. The summed E-state index contributed by atoms with van der Waals surface area (Å²) in [7, 11) is 1.57. The van der Waals surface area contributed by atoms with Crippen molar-refractivity contribution >= 4 is 34.4 Å². The highest BCUT2D eigenvalue weighted by Crippen LogP contribution is 2.43. The molecule has 3 amide bonds. The highest BCUT2D eigenvalue weighted by atomic mass is 16.8. The van der Waals surface area contributed by atoms with Crippen molar-refractivity contribution in [2.75, 3.05) is 13.7 Å². The van der Waals surface area contributed by atoms with Gasteiger partial charge in [-0.2, -0.15) is 0 Å². The molecule has 4 heterocycles. The monoisotopic (exact) mass is 581 g/mol. The van der Waals surface area contributed by atoms with E-state index in [0.29, 0.717) is 30.6 Å². The second-order valence-electron chi connectivity index (χ2n) is 11.7. The number of rotatable bonds is 9. The minimum absolute atomic E-state index is 0.194. The van der Waals surface area contributed by atoms with Crippen LogP contribution in [0.1, 0.15) is 59.4 Å². The van der Waals surface area contributed by atoms with Crippen LogP contribution in [0.3, 0.4) is 0 Å². The number of fused-ring (bicyclic) bond motifs is 2. The first kappa shape index (κ1) is 29.8. The van der Waals surface area contributed by atoms with Crippen LogP contribution in [0.5, 0.6) is 5.75 Å². The predicted octanol–water partition coefficient (Wildman–Crippen LogP) is 4.13. The van der Waals surface area contributed by atoms with E-state index in [1.54, 1.807) is 40.2 Å². The molecule has 3 N–H and O–H groups in total. The molecule has 11 heteroatoms. The molecule has 2 saturated heterocycles. The van der Waals surface area contributed by atoms with Gasteiger partial charge in [0.05, 0.1) is 24.4 Å². The van der Waals surface area contributed by atoms with Crippen LogP contribution >= 0.6 is 0 Å². The Morgan fingerprint density at radius 2 is 1.81 bits per heavy atom. The number of benzene rings is 1. The van der Waals surface area contributed by atoms with Gasteiger partial charge in [-0.1, -0.05) is 26.0 Å². The number of hydrogen-bond donors (Lipinski definition) is 3. The molecule has 0 bridgehead atoms. The van der Waals surface area contributed by atoms with E-state index in [2.05, 4.69) is 15.6 Å². The van der Waals surface area contributed by atoms with E-state index >= 15 is 0 Å². The summed E-state index contributed by atoms with van der Waals surface area (Å²) >= 11 is 0. The van der Waals surface area contributed by atoms with Gasteiger partial charge in [-0.15, -0.1) is 0 Å². The summed E-state index contributed by atoms with van der Waals surface area (Å²) < 4.78 is 29.9. The Bertz CT molecular complexity index is 1430. The quantitative estimate of drug-likeness (QED) is 0.376. The van der Waals surface area contributed by atoms with Crippen LogP contribution in [0.2, 0.25) is 0 Å². The van der Waals surface area contributed by atoms with E-state index < -0.39 is 41.5 Å². The SMILES string of the molecule is CCC1(CC)O[C@@H]2[C@H](O1)[C@@H](CNC(=O)OC(C)(C)C)O[C@H]2C/C=C/C1=C(c2c[nH]c3ccc(OC)cc23)C(=O)NC1=O. The number of carbonyl (C=O) groups is 3. The van der Waals surface area contributed by atoms with Crippen molar-refractivity contribution in [3.63, 3.8) is 0 Å². The maximum absolute atomic E-state index is 12.9. The molecular formula is C31H39N3O8. The summed E-state index contributed by atoms with van der Waals surface area (Å²) in [6.45, 7) is 9.62. The van der Waals surface area contributed by atoms with E-state index in [4.69, 9.17) is 23.7 Å². The Morgan fingerprint density at radius 3 is 2.48 bits per heavy atom. The second kappa shape index (κ2) is 11.5. The fraction of sp³-hybridized carbons (Fsp3) is 0.516. The van der Waals surface area contributed by atoms with Gasteiger partial charge in [0.1, 0.15) is 29.7 Å². The molecule has 5 rings (SSSR count). The van der Waals surface area contributed by atoms with Crippen LogP contribution in [0.15, 0.2) is 42.1 Å². The number of imide groups is 1. The third-order valence-corrected chi connectivity index (χ3v) is 7.81. The van der Waals surface area contributed by atoms with Gasteiger partial charge in [0.25, 0.3) is 11.8 Å². The van der Waals surface area contributed by atoms with E-state index in [9.17, 15) is 14.4 Å². The largest absolute Gasteiger partial charge is 0.497 e. The van der Waals surface area contributed by atoms with Crippen LogP contribution in [-0.4, -0.2) is 72.4 Å². The lowest BCUT2D eigenvalue weighted by Crippen LogP contribution is -2.42. The van der Waals surface area contributed by atoms with Gasteiger partial charge in [-0.25, -0.2) is 4.79 Å². The van der Waals surface area contributed by atoms with Crippen LogP contribution in [0, 0.1) is 0 Å². The molecule has 0 radical (unpaired) electrons. The average Bonchev–Trinajstić information content (AvgIpc) is 3.68. The van der Waals surface area contributed by atoms with Gasteiger partial charge in [0.2, 0.25) is 0 Å². The van der Waals surface area contributed by atoms with E-state index in [1.807, 2.05) is 38.1 Å². The number of carbonyl (C=O) groups excluding carboxylic acids is 3. The van der Waals surface area contributed by atoms with Crippen molar-refractivity contribution in [2.24, 2.45) is 0 Å². The number of methoxy groups -OCH3 is 1. The van der Waals surface area contributed by atoms with Gasteiger partial charge < -0.3 is 34.0 Å². The highest BCUT2D eigenvalue weighted by molar-refractivity contribution is 6.38. The highest BCUT2D eigenvalue weighted by Gasteiger charge is 2.56. The number of ether oxygens (including phenoxy) is 5. The summed E-state index contributed by atoms with van der Waals surface area (Å²) in [5.74, 6) is -1.01. The van der Waals surface area contributed by atoms with Crippen LogP contribution in [-0.2, 0) is 28.5 Å². The molecule has 11 nitrogen and oxygen atoms in total. The zero-order chi connectivity index (χ0) is 30.2. The molecule has 42 heavy (non-hydrogen) atoms. The molecule has 2 aromatic rings. The molecule has 3 aliphatic rings. The molecule has 1 aromatic heterocycles. The molecule has 3 aliphatic heterocycles. The topological polar surface area (TPSA) is 137 Å². The molecule has 0 saturated carbocycles. The fourth-order valence-electron chi connectivity index (χ4n) is 5.70. The molecule has 0 spiro atoms. The van der Waals surface area contributed by atoms with Gasteiger partial charge in [-0.05, 0) is 58.2 Å². The first-order valence-electron chi connectivity index (χ1n) is 14.4. The molecule has 0 unspecified atom stereocenters. The lowest BCUT2D eigenvalue weighted by atomic mass is 9.99. The minimum atomic E-state index is -0.727. The number of aromatic amines is 1. The Hall–Kier alpha value is -3.67. The third-order valence-electron chi connectivity index (χ3n) is 7.81.